The highest BCUT2D eigenvalue weighted by atomic mass is 35.5. The van der Waals surface area contributed by atoms with Crippen LogP contribution in [0.5, 0.6) is 0 Å². The number of hydrogen-bond donors (Lipinski definition) is 1. The highest BCUT2D eigenvalue weighted by molar-refractivity contribution is 6.31. The van der Waals surface area contributed by atoms with Crippen LogP contribution in [0.1, 0.15) is 5.89 Å². The molecule has 0 amide bonds. The third-order valence-electron chi connectivity index (χ3n) is 5.59. The number of anilines is 2. The van der Waals surface area contributed by atoms with Crippen molar-refractivity contribution in [2.45, 2.75) is 6.92 Å². The summed E-state index contributed by atoms with van der Waals surface area (Å²) in [7, 11) is 0. The van der Waals surface area contributed by atoms with Gasteiger partial charge in [0.2, 0.25) is 0 Å². The molecule has 1 N–H and O–H groups in total. The van der Waals surface area contributed by atoms with E-state index in [4.69, 9.17) is 16.0 Å². The second-order valence-corrected chi connectivity index (χ2v) is 8.01. The molecule has 158 valence electrons. The van der Waals surface area contributed by atoms with Crippen molar-refractivity contribution in [1.29, 1.82) is 0 Å². The Morgan fingerprint density at radius 1 is 1.10 bits per heavy atom. The van der Waals surface area contributed by atoms with E-state index >= 15 is 0 Å². The van der Waals surface area contributed by atoms with Crippen LogP contribution in [-0.2, 0) is 0 Å². The monoisotopic (exact) mass is 438 g/mol. The number of piperazine rings is 1. The van der Waals surface area contributed by atoms with Crippen molar-refractivity contribution in [3.05, 3.63) is 75.8 Å². The lowest BCUT2D eigenvalue weighted by Gasteiger charge is -2.38. The van der Waals surface area contributed by atoms with Crippen LogP contribution in [0.15, 0.2) is 57.9 Å². The summed E-state index contributed by atoms with van der Waals surface area (Å²) in [6.45, 7) is 4.44. The topological polar surface area (TPSA) is 65.4 Å². The molecule has 0 saturated carbocycles. The van der Waals surface area contributed by atoms with Gasteiger partial charge in [0.25, 0.3) is 5.56 Å². The van der Waals surface area contributed by atoms with Crippen LogP contribution in [0, 0.1) is 12.7 Å². The summed E-state index contributed by atoms with van der Waals surface area (Å²) in [4.78, 5) is 24.7. The molecule has 1 aliphatic rings. The molecule has 8 heteroatoms. The first-order chi connectivity index (χ1) is 15.0. The Balaban J connectivity index is 1.59. The van der Waals surface area contributed by atoms with Gasteiger partial charge in [0.1, 0.15) is 17.8 Å². The fourth-order valence-electron chi connectivity index (χ4n) is 4.15. The average molecular weight is 439 g/mol. The van der Waals surface area contributed by atoms with Crippen LogP contribution >= 0.6 is 11.6 Å². The van der Waals surface area contributed by atoms with E-state index in [1.54, 1.807) is 25.1 Å². The summed E-state index contributed by atoms with van der Waals surface area (Å²) in [6, 6.07) is 12.0. The fourth-order valence-corrected chi connectivity index (χ4v) is 4.33. The molecule has 4 aromatic rings. The summed E-state index contributed by atoms with van der Waals surface area (Å²) in [6.07, 6.45) is 1.50. The molecule has 1 fully saturated rings. The normalized spacial score (nSPS) is 14.4. The molecule has 0 radical (unpaired) electrons. The minimum Gasteiger partial charge on any atom is -0.449 e. The van der Waals surface area contributed by atoms with Crippen LogP contribution in [0.25, 0.3) is 22.2 Å². The predicted octanol–water partition coefficient (Wildman–Crippen LogP) is 4.61. The first-order valence-electron chi connectivity index (χ1n) is 10.0. The molecule has 2 aromatic heterocycles. The molecular formula is C23H20ClFN4O2. The molecule has 2 aromatic carbocycles. The van der Waals surface area contributed by atoms with Crippen molar-refractivity contribution in [2.24, 2.45) is 0 Å². The van der Waals surface area contributed by atoms with Crippen molar-refractivity contribution >= 4 is 33.9 Å². The molecule has 1 aliphatic heterocycles. The molecule has 5 rings (SSSR count). The molecule has 3 heterocycles. The van der Waals surface area contributed by atoms with Gasteiger partial charge in [-0.15, -0.1) is 0 Å². The largest absolute Gasteiger partial charge is 0.449 e. The van der Waals surface area contributed by atoms with Crippen LogP contribution < -0.4 is 15.4 Å². The Bertz CT molecular complexity index is 1320. The number of hydrogen-bond acceptors (Lipinski definition) is 5. The van der Waals surface area contributed by atoms with Gasteiger partial charge in [0.15, 0.2) is 5.89 Å². The van der Waals surface area contributed by atoms with Gasteiger partial charge in [-0.3, -0.25) is 4.79 Å². The van der Waals surface area contributed by atoms with Crippen molar-refractivity contribution in [1.82, 2.24) is 9.97 Å². The Labute approximate surface area is 182 Å². The number of aromatic amines is 1. The summed E-state index contributed by atoms with van der Waals surface area (Å²) < 4.78 is 19.0. The zero-order valence-corrected chi connectivity index (χ0v) is 17.6. The van der Waals surface area contributed by atoms with Gasteiger partial charge in [-0.25, -0.2) is 9.37 Å². The minimum absolute atomic E-state index is 0.231. The minimum atomic E-state index is -0.251. The SMILES string of the molecule is Cc1nc(-c2c(N3CCN(c4cccc(F)c4)CC3)c3cc(Cl)ccc3[nH]c2=O)co1. The first kappa shape index (κ1) is 19.6. The second kappa shape index (κ2) is 7.74. The van der Waals surface area contributed by atoms with Crippen LogP contribution in [-0.4, -0.2) is 36.1 Å². The number of benzene rings is 2. The second-order valence-electron chi connectivity index (χ2n) is 7.57. The lowest BCUT2D eigenvalue weighted by atomic mass is 10.0. The summed E-state index contributed by atoms with van der Waals surface area (Å²) in [5.74, 6) is 0.237. The third kappa shape index (κ3) is 3.65. The number of pyridine rings is 1. The summed E-state index contributed by atoms with van der Waals surface area (Å²) in [5.41, 5.74) is 3.07. The summed E-state index contributed by atoms with van der Waals surface area (Å²) >= 11 is 6.30. The van der Waals surface area contributed by atoms with E-state index < -0.39 is 0 Å². The van der Waals surface area contributed by atoms with E-state index in [1.807, 2.05) is 18.2 Å². The molecule has 0 spiro atoms. The molecule has 1 saturated heterocycles. The van der Waals surface area contributed by atoms with Crippen molar-refractivity contribution in [3.8, 4) is 11.3 Å². The van der Waals surface area contributed by atoms with E-state index in [0.717, 1.165) is 16.8 Å². The number of nitrogens with one attached hydrogen (secondary N) is 1. The predicted molar refractivity (Wildman–Crippen MR) is 121 cm³/mol. The summed E-state index contributed by atoms with van der Waals surface area (Å²) in [5, 5.41) is 1.43. The van der Waals surface area contributed by atoms with Gasteiger partial charge in [-0.2, -0.15) is 0 Å². The van der Waals surface area contributed by atoms with Gasteiger partial charge < -0.3 is 19.2 Å². The van der Waals surface area contributed by atoms with Crippen molar-refractivity contribution < 1.29 is 8.81 Å². The Morgan fingerprint density at radius 2 is 1.87 bits per heavy atom. The van der Waals surface area contributed by atoms with Gasteiger partial charge in [0.05, 0.1) is 16.8 Å². The Morgan fingerprint density at radius 3 is 2.58 bits per heavy atom. The average Bonchev–Trinajstić information content (AvgIpc) is 3.19. The van der Waals surface area contributed by atoms with Gasteiger partial charge >= 0.3 is 0 Å². The molecule has 0 atom stereocenters. The number of rotatable bonds is 3. The molecule has 6 nitrogen and oxygen atoms in total. The molecule has 31 heavy (non-hydrogen) atoms. The Kier molecular flexibility index (Phi) is 4.90. The number of aryl methyl sites for hydroxylation is 1. The van der Waals surface area contributed by atoms with Gasteiger partial charge in [-0.05, 0) is 36.4 Å². The molecule has 0 aliphatic carbocycles. The highest BCUT2D eigenvalue weighted by Crippen LogP contribution is 2.36. The third-order valence-corrected chi connectivity index (χ3v) is 5.83. The maximum Gasteiger partial charge on any atom is 0.260 e. The van der Waals surface area contributed by atoms with E-state index in [0.29, 0.717) is 53.9 Å². The zero-order chi connectivity index (χ0) is 21.5. The maximum atomic E-state index is 13.7. The standard InChI is InChI=1S/C23H20ClFN4O2/c1-14-26-20(13-31-14)21-22(18-11-15(24)5-6-19(18)27-23(21)30)29-9-7-28(8-10-29)17-4-2-3-16(25)12-17/h2-6,11-13H,7-10H2,1H3,(H,27,30). The van der Waals surface area contributed by atoms with E-state index in [9.17, 15) is 9.18 Å². The first-order valence-corrected chi connectivity index (χ1v) is 10.4. The number of H-pyrrole nitrogens is 1. The van der Waals surface area contributed by atoms with Crippen molar-refractivity contribution in [3.63, 3.8) is 0 Å². The zero-order valence-electron chi connectivity index (χ0n) is 16.9. The smallest absolute Gasteiger partial charge is 0.260 e. The highest BCUT2D eigenvalue weighted by Gasteiger charge is 2.25. The number of fused-ring (bicyclic) bond motifs is 1. The van der Waals surface area contributed by atoms with Gasteiger partial charge in [0, 0.05) is 49.2 Å². The number of aromatic nitrogens is 2. The van der Waals surface area contributed by atoms with Crippen LogP contribution in [0.4, 0.5) is 15.8 Å². The van der Waals surface area contributed by atoms with Gasteiger partial charge in [-0.1, -0.05) is 17.7 Å². The fraction of sp³-hybridized carbons (Fsp3) is 0.217. The molecular weight excluding hydrogens is 419 g/mol. The Hall–Kier alpha value is -3.32. The number of nitrogens with zero attached hydrogens (tertiary/aromatic N) is 3. The molecule has 0 unspecified atom stereocenters. The van der Waals surface area contributed by atoms with E-state index in [2.05, 4.69) is 19.8 Å². The number of halogens is 2. The quantitative estimate of drug-likeness (QED) is 0.506. The van der Waals surface area contributed by atoms with E-state index in [1.165, 1.54) is 12.3 Å². The van der Waals surface area contributed by atoms with E-state index in [-0.39, 0.29) is 11.4 Å². The maximum absolute atomic E-state index is 13.7. The lowest BCUT2D eigenvalue weighted by molar-refractivity contribution is 0.521. The lowest BCUT2D eigenvalue weighted by Crippen LogP contribution is -2.47. The van der Waals surface area contributed by atoms with Crippen molar-refractivity contribution in [2.75, 3.05) is 36.0 Å². The van der Waals surface area contributed by atoms with Crippen LogP contribution in [0.2, 0.25) is 5.02 Å². The number of oxazole rings is 1. The van der Waals surface area contributed by atoms with Crippen LogP contribution in [0.3, 0.4) is 0 Å². The molecule has 0 bridgehead atoms.